The number of hydrogen-bond donors (Lipinski definition) is 3. The maximum atomic E-state index is 11.9. The second-order valence-electron chi connectivity index (χ2n) is 6.18. The molecule has 0 heterocycles. The number of rotatable bonds is 7. The maximum Gasteiger partial charge on any atom is 0.319 e. The molecule has 0 unspecified atom stereocenters. The van der Waals surface area contributed by atoms with Crippen molar-refractivity contribution in [3.63, 3.8) is 0 Å². The van der Waals surface area contributed by atoms with Crippen LogP contribution in [0.4, 0.5) is 10.5 Å². The molecule has 5 heteroatoms. The van der Waals surface area contributed by atoms with Gasteiger partial charge < -0.3 is 20.5 Å². The molecule has 5 nitrogen and oxygen atoms in total. The first-order valence-electron chi connectivity index (χ1n) is 8.56. The Hall–Kier alpha value is -2.53. The van der Waals surface area contributed by atoms with Crippen LogP contribution in [0, 0.1) is 6.92 Å². The van der Waals surface area contributed by atoms with Crippen molar-refractivity contribution in [2.45, 2.75) is 39.2 Å². The van der Waals surface area contributed by atoms with Crippen LogP contribution in [0.2, 0.25) is 0 Å². The molecule has 25 heavy (non-hydrogen) atoms. The largest absolute Gasteiger partial charge is 0.457 e. The average molecular weight is 342 g/mol. The molecule has 0 fully saturated rings. The summed E-state index contributed by atoms with van der Waals surface area (Å²) in [6.07, 6.45) is 1.18. The van der Waals surface area contributed by atoms with Crippen LogP contribution in [0.5, 0.6) is 11.5 Å². The van der Waals surface area contributed by atoms with Crippen LogP contribution in [0.3, 0.4) is 0 Å². The molecule has 3 N–H and O–H groups in total. The molecule has 0 saturated heterocycles. The molecular weight excluding hydrogens is 316 g/mol. The SMILES string of the molecule is CCC(O)(CC)CNC(=O)Nc1ccc(Oc2cccc(C)c2)cc1. The zero-order chi connectivity index (χ0) is 18.3. The number of benzene rings is 2. The number of aliphatic hydroxyl groups is 1. The fourth-order valence-electron chi connectivity index (χ4n) is 2.34. The Morgan fingerprint density at radius 2 is 1.76 bits per heavy atom. The number of hydrogen-bond acceptors (Lipinski definition) is 3. The van der Waals surface area contributed by atoms with Crippen molar-refractivity contribution in [3.05, 3.63) is 54.1 Å². The van der Waals surface area contributed by atoms with E-state index in [1.807, 2.05) is 45.0 Å². The molecule has 2 rings (SSSR count). The topological polar surface area (TPSA) is 70.6 Å². The Balaban J connectivity index is 1.88. The third-order valence-corrected chi connectivity index (χ3v) is 4.23. The van der Waals surface area contributed by atoms with Crippen LogP contribution < -0.4 is 15.4 Å². The highest BCUT2D eigenvalue weighted by Gasteiger charge is 2.22. The highest BCUT2D eigenvalue weighted by Crippen LogP contribution is 2.23. The average Bonchev–Trinajstić information content (AvgIpc) is 2.61. The Bertz CT molecular complexity index is 694. The number of ether oxygens (including phenoxy) is 1. The van der Waals surface area contributed by atoms with Crippen LogP contribution in [0.25, 0.3) is 0 Å². The minimum atomic E-state index is -0.858. The summed E-state index contributed by atoms with van der Waals surface area (Å²) in [4.78, 5) is 11.9. The molecule has 0 atom stereocenters. The van der Waals surface area contributed by atoms with Crippen molar-refractivity contribution >= 4 is 11.7 Å². The fraction of sp³-hybridized carbons (Fsp3) is 0.350. The first-order chi connectivity index (χ1) is 11.9. The van der Waals surface area contributed by atoms with Crippen molar-refractivity contribution in [1.29, 1.82) is 0 Å². The van der Waals surface area contributed by atoms with Gasteiger partial charge in [0, 0.05) is 12.2 Å². The third-order valence-electron chi connectivity index (χ3n) is 4.23. The number of amides is 2. The van der Waals surface area contributed by atoms with Crippen LogP contribution in [0.1, 0.15) is 32.3 Å². The van der Waals surface area contributed by atoms with Gasteiger partial charge in [0.15, 0.2) is 0 Å². The minimum absolute atomic E-state index is 0.223. The summed E-state index contributed by atoms with van der Waals surface area (Å²) in [7, 11) is 0. The summed E-state index contributed by atoms with van der Waals surface area (Å²) in [5.41, 5.74) is 0.931. The van der Waals surface area contributed by atoms with Crippen LogP contribution in [-0.4, -0.2) is 23.3 Å². The Morgan fingerprint density at radius 3 is 2.36 bits per heavy atom. The fourth-order valence-corrected chi connectivity index (χ4v) is 2.34. The predicted molar refractivity (Wildman–Crippen MR) is 100 cm³/mol. The van der Waals surface area contributed by atoms with Crippen molar-refractivity contribution in [1.82, 2.24) is 5.32 Å². The summed E-state index contributed by atoms with van der Waals surface area (Å²) in [6, 6.07) is 14.6. The van der Waals surface area contributed by atoms with Gasteiger partial charge in [0.25, 0.3) is 0 Å². The second kappa shape index (κ2) is 8.53. The number of aryl methyl sites for hydroxylation is 1. The van der Waals surface area contributed by atoms with E-state index in [9.17, 15) is 9.90 Å². The molecule has 0 aliphatic heterocycles. The Morgan fingerprint density at radius 1 is 1.08 bits per heavy atom. The van der Waals surface area contributed by atoms with Crippen molar-refractivity contribution in [2.75, 3.05) is 11.9 Å². The number of anilines is 1. The predicted octanol–water partition coefficient (Wildman–Crippen LogP) is 4.46. The molecule has 0 bridgehead atoms. The number of nitrogens with one attached hydrogen (secondary N) is 2. The molecule has 0 aromatic heterocycles. The molecule has 0 radical (unpaired) electrons. The molecule has 134 valence electrons. The van der Waals surface area contributed by atoms with Crippen molar-refractivity contribution in [3.8, 4) is 11.5 Å². The second-order valence-corrected chi connectivity index (χ2v) is 6.18. The summed E-state index contributed by atoms with van der Waals surface area (Å²) in [5.74, 6) is 1.47. The lowest BCUT2D eigenvalue weighted by atomic mass is 9.98. The van der Waals surface area contributed by atoms with E-state index < -0.39 is 5.60 Å². The number of carbonyl (C=O) groups excluding carboxylic acids is 1. The van der Waals surface area contributed by atoms with Gasteiger partial charge in [0.2, 0.25) is 0 Å². The van der Waals surface area contributed by atoms with Gasteiger partial charge in [-0.2, -0.15) is 0 Å². The van der Waals surface area contributed by atoms with Gasteiger partial charge in [-0.25, -0.2) is 4.79 Å². The molecule has 2 aromatic carbocycles. The molecule has 2 aromatic rings. The summed E-state index contributed by atoms with van der Waals surface area (Å²) < 4.78 is 5.78. The zero-order valence-electron chi connectivity index (χ0n) is 15.0. The Labute approximate surface area is 149 Å². The van der Waals surface area contributed by atoms with E-state index in [-0.39, 0.29) is 12.6 Å². The van der Waals surface area contributed by atoms with E-state index in [1.54, 1.807) is 24.3 Å². The van der Waals surface area contributed by atoms with Crippen molar-refractivity contribution < 1.29 is 14.6 Å². The highest BCUT2D eigenvalue weighted by molar-refractivity contribution is 5.89. The van der Waals surface area contributed by atoms with E-state index >= 15 is 0 Å². The van der Waals surface area contributed by atoms with Gasteiger partial charge in [-0.1, -0.05) is 26.0 Å². The lowest BCUT2D eigenvalue weighted by Crippen LogP contribution is -2.43. The summed E-state index contributed by atoms with van der Waals surface area (Å²) >= 11 is 0. The first kappa shape index (κ1) is 18.8. The van der Waals surface area contributed by atoms with Gasteiger partial charge in [0.05, 0.1) is 5.60 Å². The van der Waals surface area contributed by atoms with E-state index in [0.29, 0.717) is 24.3 Å². The van der Waals surface area contributed by atoms with Gasteiger partial charge in [-0.15, -0.1) is 0 Å². The lowest BCUT2D eigenvalue weighted by molar-refractivity contribution is 0.0354. The first-order valence-corrected chi connectivity index (χ1v) is 8.56. The summed E-state index contributed by atoms with van der Waals surface area (Å²) in [6.45, 7) is 6.03. The minimum Gasteiger partial charge on any atom is -0.457 e. The molecule has 0 aliphatic rings. The third kappa shape index (κ3) is 5.80. The number of urea groups is 1. The van der Waals surface area contributed by atoms with Crippen molar-refractivity contribution in [2.24, 2.45) is 0 Å². The molecule has 0 aliphatic carbocycles. The van der Waals surface area contributed by atoms with Crippen LogP contribution in [0.15, 0.2) is 48.5 Å². The molecular formula is C20H26N2O3. The van der Waals surface area contributed by atoms with Crippen LogP contribution >= 0.6 is 0 Å². The van der Waals surface area contributed by atoms with E-state index in [1.165, 1.54) is 0 Å². The zero-order valence-corrected chi connectivity index (χ0v) is 15.0. The van der Waals surface area contributed by atoms with Gasteiger partial charge in [-0.3, -0.25) is 0 Å². The van der Waals surface area contributed by atoms with Gasteiger partial charge in [0.1, 0.15) is 11.5 Å². The van der Waals surface area contributed by atoms with E-state index in [0.717, 1.165) is 11.3 Å². The quantitative estimate of drug-likeness (QED) is 0.696. The van der Waals surface area contributed by atoms with Gasteiger partial charge in [-0.05, 0) is 61.7 Å². The van der Waals surface area contributed by atoms with E-state index in [2.05, 4.69) is 10.6 Å². The lowest BCUT2D eigenvalue weighted by Gasteiger charge is -2.25. The molecule has 0 spiro atoms. The maximum absolute atomic E-state index is 11.9. The monoisotopic (exact) mass is 342 g/mol. The highest BCUT2D eigenvalue weighted by atomic mass is 16.5. The smallest absolute Gasteiger partial charge is 0.319 e. The normalized spacial score (nSPS) is 11.0. The molecule has 0 saturated carbocycles. The summed E-state index contributed by atoms with van der Waals surface area (Å²) in [5, 5.41) is 15.6. The molecule has 2 amide bonds. The van der Waals surface area contributed by atoms with E-state index in [4.69, 9.17) is 4.74 Å². The number of carbonyl (C=O) groups is 1. The Kier molecular flexibility index (Phi) is 6.42. The van der Waals surface area contributed by atoms with Gasteiger partial charge >= 0.3 is 6.03 Å². The van der Waals surface area contributed by atoms with Crippen LogP contribution in [-0.2, 0) is 0 Å². The standard InChI is InChI=1S/C20H26N2O3/c1-4-20(24,5-2)14-21-19(23)22-16-9-11-17(12-10-16)25-18-8-6-7-15(3)13-18/h6-13,24H,4-5,14H2,1-3H3,(H2,21,22,23).